The molecule has 1 aromatic heterocycles. The van der Waals surface area contributed by atoms with Gasteiger partial charge in [-0.2, -0.15) is 4.31 Å². The van der Waals surface area contributed by atoms with Gasteiger partial charge < -0.3 is 9.64 Å². The number of hydrogen-bond donors (Lipinski definition) is 1. The van der Waals surface area contributed by atoms with Crippen LogP contribution in [0.15, 0.2) is 52.7 Å². The summed E-state index contributed by atoms with van der Waals surface area (Å²) in [4.78, 5) is 31.1. The number of sulfonamides is 1. The lowest BCUT2D eigenvalue weighted by molar-refractivity contribution is -0.125. The summed E-state index contributed by atoms with van der Waals surface area (Å²) in [6, 6.07) is 11.3. The van der Waals surface area contributed by atoms with E-state index in [1.807, 2.05) is 17.5 Å². The number of anilines is 2. The van der Waals surface area contributed by atoms with Crippen LogP contribution < -0.4 is 15.0 Å². The molecule has 9 nitrogen and oxygen atoms in total. The molecule has 0 saturated carbocycles. The summed E-state index contributed by atoms with van der Waals surface area (Å²) in [5.41, 5.74) is 2.40. The highest BCUT2D eigenvalue weighted by atomic mass is 32.2. The van der Waals surface area contributed by atoms with E-state index in [1.165, 1.54) is 39.9 Å². The third kappa shape index (κ3) is 4.79. The van der Waals surface area contributed by atoms with Gasteiger partial charge in [0, 0.05) is 36.6 Å². The quantitative estimate of drug-likeness (QED) is 0.513. The van der Waals surface area contributed by atoms with Crippen molar-refractivity contribution < 1.29 is 22.7 Å². The predicted octanol–water partition coefficient (Wildman–Crippen LogP) is 3.84. The van der Waals surface area contributed by atoms with E-state index in [2.05, 4.69) is 10.3 Å². The van der Waals surface area contributed by atoms with E-state index in [9.17, 15) is 18.0 Å². The lowest BCUT2D eigenvalue weighted by atomic mass is 10.1. The van der Waals surface area contributed by atoms with Crippen LogP contribution in [0.25, 0.3) is 11.3 Å². The SMILES string of the molecule is CCN(CC)S(=O)(=O)c1ccc(C(=O)Nc2nc(-c3ccc4c(c3)N(C)C(=O)C(C)O4)cs2)cc1. The van der Waals surface area contributed by atoms with Gasteiger partial charge in [-0.05, 0) is 49.4 Å². The highest BCUT2D eigenvalue weighted by Gasteiger charge is 2.29. The Morgan fingerprint density at radius 1 is 1.17 bits per heavy atom. The summed E-state index contributed by atoms with van der Waals surface area (Å²) >= 11 is 1.27. The molecule has 35 heavy (non-hydrogen) atoms. The molecular formula is C24H26N4O5S2. The first kappa shape index (κ1) is 24.8. The molecule has 0 bridgehead atoms. The second kappa shape index (κ2) is 9.76. The van der Waals surface area contributed by atoms with E-state index < -0.39 is 22.0 Å². The average Bonchev–Trinajstić information content (AvgIpc) is 3.31. The molecular weight excluding hydrogens is 488 g/mol. The first-order valence-corrected chi connectivity index (χ1v) is 13.4. The van der Waals surface area contributed by atoms with Crippen molar-refractivity contribution in [2.24, 2.45) is 0 Å². The molecule has 1 unspecified atom stereocenters. The molecule has 0 radical (unpaired) electrons. The standard InChI is InChI=1S/C24H26N4O5S2/c1-5-28(6-2)35(31,32)18-10-7-16(8-11-18)22(29)26-24-25-19(14-34-24)17-9-12-21-20(13-17)27(4)23(30)15(3)33-21/h7-15H,5-6H2,1-4H3,(H,25,26,29). The Hall–Kier alpha value is -3.28. The molecule has 184 valence electrons. The van der Waals surface area contributed by atoms with Crippen LogP contribution >= 0.6 is 11.3 Å². The third-order valence-electron chi connectivity index (χ3n) is 5.78. The number of likely N-dealkylation sites (N-methyl/N-ethyl adjacent to an activating group) is 1. The van der Waals surface area contributed by atoms with Gasteiger partial charge in [-0.15, -0.1) is 11.3 Å². The monoisotopic (exact) mass is 514 g/mol. The first-order valence-electron chi connectivity index (χ1n) is 11.1. The van der Waals surface area contributed by atoms with Crippen LogP contribution in [0.3, 0.4) is 0 Å². The summed E-state index contributed by atoms with van der Waals surface area (Å²) in [5.74, 6) is 0.103. The van der Waals surface area contributed by atoms with E-state index in [0.29, 0.717) is 40.9 Å². The third-order valence-corrected chi connectivity index (χ3v) is 8.60. The van der Waals surface area contributed by atoms with Gasteiger partial charge in [-0.1, -0.05) is 13.8 Å². The van der Waals surface area contributed by atoms with Crippen molar-refractivity contribution in [3.05, 3.63) is 53.4 Å². The van der Waals surface area contributed by atoms with Gasteiger partial charge in [0.05, 0.1) is 16.3 Å². The maximum Gasteiger partial charge on any atom is 0.267 e. The first-order chi connectivity index (χ1) is 16.6. The van der Waals surface area contributed by atoms with Gasteiger partial charge in [0.25, 0.3) is 11.8 Å². The number of nitrogens with zero attached hydrogens (tertiary/aromatic N) is 3. The minimum absolute atomic E-state index is 0.128. The fourth-order valence-corrected chi connectivity index (χ4v) is 5.97. The molecule has 2 aromatic carbocycles. The van der Waals surface area contributed by atoms with Crippen molar-refractivity contribution in [3.8, 4) is 17.0 Å². The molecule has 11 heteroatoms. The van der Waals surface area contributed by atoms with Gasteiger partial charge in [-0.3, -0.25) is 14.9 Å². The zero-order chi connectivity index (χ0) is 25.3. The Labute approximate surface area is 208 Å². The highest BCUT2D eigenvalue weighted by molar-refractivity contribution is 7.89. The number of rotatable bonds is 7. The molecule has 1 aliphatic rings. The summed E-state index contributed by atoms with van der Waals surface area (Å²) in [7, 11) is -1.89. The van der Waals surface area contributed by atoms with Gasteiger partial charge in [0.2, 0.25) is 10.0 Å². The maximum atomic E-state index is 12.7. The van der Waals surface area contributed by atoms with Crippen molar-refractivity contribution in [1.29, 1.82) is 0 Å². The highest BCUT2D eigenvalue weighted by Crippen LogP contribution is 2.37. The Bertz CT molecular complexity index is 1360. The number of ether oxygens (including phenoxy) is 1. The number of nitrogens with one attached hydrogen (secondary N) is 1. The molecule has 1 atom stereocenters. The van der Waals surface area contributed by atoms with Crippen LogP contribution in [0, 0.1) is 0 Å². The Balaban J connectivity index is 1.49. The normalized spacial score (nSPS) is 15.6. The molecule has 1 aliphatic heterocycles. The van der Waals surface area contributed by atoms with E-state index in [0.717, 1.165) is 5.56 Å². The summed E-state index contributed by atoms with van der Waals surface area (Å²) in [6.45, 7) is 6.01. The van der Waals surface area contributed by atoms with Crippen molar-refractivity contribution in [2.45, 2.75) is 31.8 Å². The van der Waals surface area contributed by atoms with Crippen molar-refractivity contribution in [3.63, 3.8) is 0 Å². The number of carbonyl (C=O) groups excluding carboxylic acids is 2. The summed E-state index contributed by atoms with van der Waals surface area (Å²) < 4.78 is 32.3. The number of carbonyl (C=O) groups is 2. The average molecular weight is 515 g/mol. The fraction of sp³-hybridized carbons (Fsp3) is 0.292. The van der Waals surface area contributed by atoms with Crippen LogP contribution in [-0.2, 0) is 14.8 Å². The largest absolute Gasteiger partial charge is 0.479 e. The second-order valence-electron chi connectivity index (χ2n) is 7.95. The van der Waals surface area contributed by atoms with Crippen LogP contribution in [0.5, 0.6) is 5.75 Å². The minimum Gasteiger partial charge on any atom is -0.479 e. The number of amides is 2. The lowest BCUT2D eigenvalue weighted by Gasteiger charge is -2.30. The number of benzene rings is 2. The molecule has 2 amide bonds. The fourth-order valence-electron chi connectivity index (χ4n) is 3.79. The topological polar surface area (TPSA) is 109 Å². The second-order valence-corrected chi connectivity index (χ2v) is 10.7. The molecule has 0 fully saturated rings. The predicted molar refractivity (Wildman–Crippen MR) is 136 cm³/mol. The summed E-state index contributed by atoms with van der Waals surface area (Å²) in [5, 5.41) is 4.97. The van der Waals surface area contributed by atoms with E-state index >= 15 is 0 Å². The van der Waals surface area contributed by atoms with Crippen molar-refractivity contribution in [1.82, 2.24) is 9.29 Å². The molecule has 0 spiro atoms. The lowest BCUT2D eigenvalue weighted by Crippen LogP contribution is -2.41. The molecule has 0 saturated heterocycles. The molecule has 4 rings (SSSR count). The van der Waals surface area contributed by atoms with Gasteiger partial charge in [-0.25, -0.2) is 13.4 Å². The molecule has 2 heterocycles. The Kier molecular flexibility index (Phi) is 6.93. The summed E-state index contributed by atoms with van der Waals surface area (Å²) in [6.07, 6.45) is -0.536. The Morgan fingerprint density at radius 2 is 1.86 bits per heavy atom. The number of aromatic nitrogens is 1. The zero-order valence-corrected chi connectivity index (χ0v) is 21.4. The Morgan fingerprint density at radius 3 is 2.51 bits per heavy atom. The van der Waals surface area contributed by atoms with Crippen LogP contribution in [0.4, 0.5) is 10.8 Å². The molecule has 0 aliphatic carbocycles. The van der Waals surface area contributed by atoms with Gasteiger partial charge >= 0.3 is 0 Å². The molecule has 3 aromatic rings. The smallest absolute Gasteiger partial charge is 0.267 e. The van der Waals surface area contributed by atoms with Crippen LogP contribution in [-0.4, -0.2) is 55.8 Å². The zero-order valence-electron chi connectivity index (χ0n) is 19.8. The van der Waals surface area contributed by atoms with E-state index in [1.54, 1.807) is 38.8 Å². The molecule has 1 N–H and O–H groups in total. The van der Waals surface area contributed by atoms with Crippen molar-refractivity contribution in [2.75, 3.05) is 30.4 Å². The number of hydrogen-bond acceptors (Lipinski definition) is 7. The van der Waals surface area contributed by atoms with Crippen molar-refractivity contribution >= 4 is 44.0 Å². The van der Waals surface area contributed by atoms with Gasteiger partial charge in [0.15, 0.2) is 11.2 Å². The maximum absolute atomic E-state index is 12.7. The van der Waals surface area contributed by atoms with Gasteiger partial charge in [0.1, 0.15) is 5.75 Å². The van der Waals surface area contributed by atoms with Crippen LogP contribution in [0.2, 0.25) is 0 Å². The van der Waals surface area contributed by atoms with Crippen LogP contribution in [0.1, 0.15) is 31.1 Å². The van der Waals surface area contributed by atoms with E-state index in [-0.39, 0.29) is 10.8 Å². The van der Waals surface area contributed by atoms with E-state index in [4.69, 9.17) is 4.74 Å². The minimum atomic E-state index is -3.59. The number of thiazole rings is 1. The number of fused-ring (bicyclic) bond motifs is 1.